The number of rotatable bonds is 5. The van der Waals surface area contributed by atoms with E-state index in [0.29, 0.717) is 38.6 Å². The minimum absolute atomic E-state index is 0.00907. The lowest BCUT2D eigenvalue weighted by Crippen LogP contribution is -2.58. The van der Waals surface area contributed by atoms with Gasteiger partial charge in [-0.25, -0.2) is 0 Å². The van der Waals surface area contributed by atoms with Crippen LogP contribution in [0, 0.1) is 5.92 Å². The first-order valence-electron chi connectivity index (χ1n) is 8.93. The summed E-state index contributed by atoms with van der Waals surface area (Å²) in [6.07, 6.45) is 1.25. The summed E-state index contributed by atoms with van der Waals surface area (Å²) in [5.41, 5.74) is 0. The van der Waals surface area contributed by atoms with Crippen LogP contribution in [0.25, 0.3) is 0 Å². The first-order chi connectivity index (χ1) is 11.4. The first kappa shape index (κ1) is 18.7. The van der Waals surface area contributed by atoms with Crippen LogP contribution in [-0.4, -0.2) is 84.3 Å². The number of hydrogen-bond donors (Lipinski definition) is 1. The summed E-state index contributed by atoms with van der Waals surface area (Å²) < 4.78 is 0. The molecule has 0 unspecified atom stereocenters. The number of nitrogens with zero attached hydrogens (tertiary/aromatic N) is 3. The zero-order valence-corrected chi connectivity index (χ0v) is 15.1. The van der Waals surface area contributed by atoms with E-state index in [4.69, 9.17) is 0 Å². The van der Waals surface area contributed by atoms with E-state index in [0.717, 1.165) is 19.5 Å². The van der Waals surface area contributed by atoms with E-state index in [-0.39, 0.29) is 30.2 Å². The monoisotopic (exact) mass is 338 g/mol. The number of carbonyl (C=O) groups is 3. The largest absolute Gasteiger partial charge is 0.353 e. The van der Waals surface area contributed by atoms with Crippen LogP contribution in [-0.2, 0) is 14.4 Å². The number of hydrogen-bond acceptors (Lipinski definition) is 4. The predicted octanol–water partition coefficient (Wildman–Crippen LogP) is -0.0863. The highest BCUT2D eigenvalue weighted by atomic mass is 16.2. The summed E-state index contributed by atoms with van der Waals surface area (Å²) in [5.74, 6) is 0.593. The Morgan fingerprint density at radius 1 is 1.12 bits per heavy atom. The van der Waals surface area contributed by atoms with Crippen LogP contribution in [0.5, 0.6) is 0 Å². The molecule has 0 spiro atoms. The fraction of sp³-hybridized carbons (Fsp3) is 0.824. The fourth-order valence-corrected chi connectivity index (χ4v) is 3.24. The van der Waals surface area contributed by atoms with Crippen LogP contribution >= 0.6 is 0 Å². The Morgan fingerprint density at radius 2 is 1.75 bits per heavy atom. The number of carbonyl (C=O) groups excluding carboxylic acids is 3. The highest BCUT2D eigenvalue weighted by Crippen LogP contribution is 2.14. The van der Waals surface area contributed by atoms with Gasteiger partial charge in [0.25, 0.3) is 0 Å². The fourth-order valence-electron chi connectivity index (χ4n) is 3.24. The molecule has 3 amide bonds. The molecule has 2 fully saturated rings. The van der Waals surface area contributed by atoms with Crippen molar-refractivity contribution >= 4 is 17.7 Å². The quantitative estimate of drug-likeness (QED) is 0.761. The van der Waals surface area contributed by atoms with Crippen LogP contribution in [0.1, 0.15) is 33.6 Å². The SMILES string of the molecule is CC(=O)N1CCN(C(=O)C[C@H]2C(=O)NCCN2CCC(C)C)CC1. The van der Waals surface area contributed by atoms with Crippen molar-refractivity contribution < 1.29 is 14.4 Å². The van der Waals surface area contributed by atoms with Gasteiger partial charge in [-0.05, 0) is 18.9 Å². The van der Waals surface area contributed by atoms with Gasteiger partial charge in [0.05, 0.1) is 12.5 Å². The number of nitrogens with one attached hydrogen (secondary N) is 1. The van der Waals surface area contributed by atoms with Gasteiger partial charge in [0.15, 0.2) is 0 Å². The Labute approximate surface area is 144 Å². The molecule has 24 heavy (non-hydrogen) atoms. The summed E-state index contributed by atoms with van der Waals surface area (Å²) >= 11 is 0. The Balaban J connectivity index is 1.90. The van der Waals surface area contributed by atoms with Gasteiger partial charge >= 0.3 is 0 Å². The molecular weight excluding hydrogens is 308 g/mol. The van der Waals surface area contributed by atoms with Crippen LogP contribution < -0.4 is 5.32 Å². The van der Waals surface area contributed by atoms with Crippen molar-refractivity contribution in [2.75, 3.05) is 45.8 Å². The maximum absolute atomic E-state index is 12.6. The summed E-state index contributed by atoms with van der Waals surface area (Å²) in [6, 6.07) is -0.365. The molecule has 2 heterocycles. The van der Waals surface area contributed by atoms with Crippen LogP contribution in [0.2, 0.25) is 0 Å². The average molecular weight is 338 g/mol. The van der Waals surface area contributed by atoms with Crippen molar-refractivity contribution in [3.05, 3.63) is 0 Å². The summed E-state index contributed by atoms with van der Waals surface area (Å²) in [4.78, 5) is 41.9. The lowest BCUT2D eigenvalue weighted by Gasteiger charge is -2.38. The van der Waals surface area contributed by atoms with Crippen molar-refractivity contribution in [3.63, 3.8) is 0 Å². The Kier molecular flexibility index (Phi) is 6.60. The molecule has 7 heteroatoms. The van der Waals surface area contributed by atoms with Crippen molar-refractivity contribution in [1.82, 2.24) is 20.0 Å². The molecule has 0 radical (unpaired) electrons. The number of amides is 3. The molecule has 0 aromatic rings. The van der Waals surface area contributed by atoms with E-state index in [9.17, 15) is 14.4 Å². The van der Waals surface area contributed by atoms with Gasteiger partial charge < -0.3 is 15.1 Å². The van der Waals surface area contributed by atoms with Crippen LogP contribution in [0.15, 0.2) is 0 Å². The Hall–Kier alpha value is -1.63. The maximum Gasteiger partial charge on any atom is 0.237 e. The van der Waals surface area contributed by atoms with Gasteiger partial charge in [0, 0.05) is 46.2 Å². The molecule has 136 valence electrons. The molecule has 2 aliphatic heterocycles. The van der Waals surface area contributed by atoms with Crippen molar-refractivity contribution in [2.45, 2.75) is 39.7 Å². The maximum atomic E-state index is 12.6. The van der Waals surface area contributed by atoms with Crippen LogP contribution in [0.3, 0.4) is 0 Å². The molecule has 0 aromatic heterocycles. The van der Waals surface area contributed by atoms with E-state index >= 15 is 0 Å². The molecule has 7 nitrogen and oxygen atoms in total. The third-order valence-electron chi connectivity index (χ3n) is 4.88. The zero-order valence-electron chi connectivity index (χ0n) is 15.1. The molecule has 2 aliphatic rings. The van der Waals surface area contributed by atoms with Crippen LogP contribution in [0.4, 0.5) is 0 Å². The standard InChI is InChI=1S/C17H30N4O3/c1-13(2)4-6-20-7-5-18-17(24)15(20)12-16(23)21-10-8-19(9-11-21)14(3)22/h13,15H,4-12H2,1-3H3,(H,18,24)/t15-/m0/s1. The smallest absolute Gasteiger partial charge is 0.237 e. The molecule has 0 bridgehead atoms. The topological polar surface area (TPSA) is 73.0 Å². The normalized spacial score (nSPS) is 22.7. The summed E-state index contributed by atoms with van der Waals surface area (Å²) in [5, 5.41) is 2.88. The lowest BCUT2D eigenvalue weighted by molar-refractivity contribution is -0.142. The lowest BCUT2D eigenvalue weighted by atomic mass is 10.0. The molecule has 1 atom stereocenters. The van der Waals surface area contributed by atoms with E-state index in [2.05, 4.69) is 24.1 Å². The molecule has 0 aliphatic carbocycles. The minimum Gasteiger partial charge on any atom is -0.353 e. The predicted molar refractivity (Wildman–Crippen MR) is 91.3 cm³/mol. The molecule has 0 aromatic carbocycles. The van der Waals surface area contributed by atoms with Crippen molar-refractivity contribution in [3.8, 4) is 0 Å². The first-order valence-corrected chi connectivity index (χ1v) is 8.93. The van der Waals surface area contributed by atoms with Gasteiger partial charge in [-0.15, -0.1) is 0 Å². The highest BCUT2D eigenvalue weighted by molar-refractivity contribution is 5.89. The van der Waals surface area contributed by atoms with Gasteiger partial charge in [0.1, 0.15) is 0 Å². The highest BCUT2D eigenvalue weighted by Gasteiger charge is 2.33. The van der Waals surface area contributed by atoms with Crippen molar-refractivity contribution in [1.29, 1.82) is 0 Å². The van der Waals surface area contributed by atoms with E-state index < -0.39 is 0 Å². The van der Waals surface area contributed by atoms with Gasteiger partial charge in [-0.2, -0.15) is 0 Å². The van der Waals surface area contributed by atoms with Gasteiger partial charge in [0.2, 0.25) is 17.7 Å². The van der Waals surface area contributed by atoms with Gasteiger partial charge in [-0.3, -0.25) is 19.3 Å². The average Bonchev–Trinajstić information content (AvgIpc) is 2.55. The second kappa shape index (κ2) is 8.46. The third kappa shape index (κ3) is 4.93. The Morgan fingerprint density at radius 3 is 2.33 bits per heavy atom. The second-order valence-electron chi connectivity index (χ2n) is 7.12. The summed E-state index contributed by atoms with van der Waals surface area (Å²) in [6.45, 7) is 10.4. The molecular formula is C17H30N4O3. The molecule has 1 N–H and O–H groups in total. The van der Waals surface area contributed by atoms with Gasteiger partial charge in [-0.1, -0.05) is 13.8 Å². The zero-order chi connectivity index (χ0) is 17.7. The molecule has 2 rings (SSSR count). The number of piperazine rings is 2. The Bertz CT molecular complexity index is 472. The molecule has 2 saturated heterocycles. The molecule has 0 saturated carbocycles. The summed E-state index contributed by atoms with van der Waals surface area (Å²) in [7, 11) is 0. The second-order valence-corrected chi connectivity index (χ2v) is 7.12. The van der Waals surface area contributed by atoms with E-state index in [1.54, 1.807) is 16.7 Å². The minimum atomic E-state index is -0.365. The van der Waals surface area contributed by atoms with E-state index in [1.165, 1.54) is 0 Å². The third-order valence-corrected chi connectivity index (χ3v) is 4.88. The van der Waals surface area contributed by atoms with Crippen molar-refractivity contribution in [2.24, 2.45) is 5.92 Å². The van der Waals surface area contributed by atoms with E-state index in [1.807, 2.05) is 0 Å².